The number of rotatable bonds is 5. The average Bonchev–Trinajstić information content (AvgIpc) is 3.14. The molecule has 1 atom stereocenters. The van der Waals surface area contributed by atoms with E-state index < -0.39 is 17.6 Å². The highest BCUT2D eigenvalue weighted by molar-refractivity contribution is 5.95. The summed E-state index contributed by atoms with van der Waals surface area (Å²) in [7, 11) is 1.78. The number of nitrogens with zero attached hydrogens (tertiary/aromatic N) is 3. The molecular weight excluding hydrogens is 449 g/mol. The number of hydrogen-bond donors (Lipinski definition) is 2. The van der Waals surface area contributed by atoms with Crippen LogP contribution in [0.15, 0.2) is 47.5 Å². The number of benzene rings is 2. The van der Waals surface area contributed by atoms with Gasteiger partial charge in [-0.3, -0.25) is 9.59 Å². The molecule has 1 unspecified atom stereocenters. The van der Waals surface area contributed by atoms with Gasteiger partial charge in [-0.1, -0.05) is 12.1 Å². The van der Waals surface area contributed by atoms with E-state index >= 15 is 0 Å². The highest BCUT2D eigenvalue weighted by Gasteiger charge is 2.31. The zero-order chi connectivity index (χ0) is 24.5. The van der Waals surface area contributed by atoms with Crippen molar-refractivity contribution >= 4 is 22.8 Å². The lowest BCUT2D eigenvalue weighted by Crippen LogP contribution is -2.36. The number of hydrogen-bond acceptors (Lipinski definition) is 3. The van der Waals surface area contributed by atoms with Crippen LogP contribution in [0.2, 0.25) is 0 Å². The molecule has 1 aliphatic rings. The van der Waals surface area contributed by atoms with E-state index in [2.05, 4.69) is 9.98 Å². The van der Waals surface area contributed by atoms with Crippen LogP contribution in [0.4, 0.5) is 13.2 Å². The number of carbonyl (C=O) groups excluding carboxylic acids is 2. The van der Waals surface area contributed by atoms with Crippen LogP contribution >= 0.6 is 0 Å². The predicted molar refractivity (Wildman–Crippen MR) is 119 cm³/mol. The Labute approximate surface area is 193 Å². The van der Waals surface area contributed by atoms with E-state index in [-0.39, 0.29) is 29.6 Å². The van der Waals surface area contributed by atoms with Crippen LogP contribution in [0.25, 0.3) is 11.0 Å². The second-order valence-corrected chi connectivity index (χ2v) is 8.40. The van der Waals surface area contributed by atoms with Gasteiger partial charge in [-0.05, 0) is 55.2 Å². The van der Waals surface area contributed by atoms with Crippen molar-refractivity contribution in [2.24, 2.45) is 4.99 Å². The zero-order valence-electron chi connectivity index (χ0n) is 18.6. The van der Waals surface area contributed by atoms with Crippen LogP contribution < -0.4 is 5.62 Å². The van der Waals surface area contributed by atoms with Crippen LogP contribution in [0.3, 0.4) is 0 Å². The summed E-state index contributed by atoms with van der Waals surface area (Å²) in [5.41, 5.74) is 1.26. The lowest BCUT2D eigenvalue weighted by Gasteiger charge is -2.29. The van der Waals surface area contributed by atoms with Gasteiger partial charge in [0.25, 0.3) is 5.91 Å². The maximum atomic E-state index is 13.0. The van der Waals surface area contributed by atoms with Gasteiger partial charge >= 0.3 is 6.18 Å². The summed E-state index contributed by atoms with van der Waals surface area (Å²) in [6, 6.07) is 9.66. The first-order valence-electron chi connectivity index (χ1n) is 11.0. The number of fused-ring (bicyclic) bond motifs is 1. The van der Waals surface area contributed by atoms with E-state index in [1.807, 2.05) is 18.2 Å². The Morgan fingerprint density at radius 1 is 1.24 bits per heavy atom. The summed E-state index contributed by atoms with van der Waals surface area (Å²) in [6.07, 6.45) is -2.53. The third kappa shape index (κ3) is 4.77. The van der Waals surface area contributed by atoms with Crippen LogP contribution in [0.1, 0.15) is 46.7 Å². The first-order chi connectivity index (χ1) is 16.2. The molecule has 0 bridgehead atoms. The number of likely N-dealkylation sites (N-methyl/N-ethyl adjacent to an activating group) is 1. The molecule has 2 aromatic carbocycles. The Bertz CT molecular complexity index is 1290. The van der Waals surface area contributed by atoms with Gasteiger partial charge in [0.2, 0.25) is 11.5 Å². The molecule has 2 amide bonds. The number of carbonyl (C=O) groups is 2. The van der Waals surface area contributed by atoms with Crippen molar-refractivity contribution < 1.29 is 27.9 Å². The van der Waals surface area contributed by atoms with Gasteiger partial charge in [0, 0.05) is 32.3 Å². The van der Waals surface area contributed by atoms with E-state index in [9.17, 15) is 27.9 Å². The number of halogens is 3. The number of nitrogens with one attached hydrogen (secondary N) is 1. The third-order valence-corrected chi connectivity index (χ3v) is 6.06. The number of amides is 2. The molecule has 2 heterocycles. The number of piperidine rings is 1. The lowest BCUT2D eigenvalue weighted by atomic mass is 9.90. The topological polar surface area (TPSA) is 90.7 Å². The molecule has 4 rings (SSSR count). The van der Waals surface area contributed by atoms with E-state index in [0.29, 0.717) is 24.0 Å². The van der Waals surface area contributed by atoms with Gasteiger partial charge in [-0.2, -0.15) is 18.2 Å². The van der Waals surface area contributed by atoms with Crippen LogP contribution in [-0.2, 0) is 17.5 Å². The third-order valence-electron chi connectivity index (χ3n) is 6.06. The predicted octanol–water partition coefficient (Wildman–Crippen LogP) is 3.45. The molecule has 0 spiro atoms. The van der Waals surface area contributed by atoms with E-state index in [1.165, 1.54) is 12.1 Å². The van der Waals surface area contributed by atoms with Gasteiger partial charge in [-0.15, -0.1) is 0 Å². The number of H-pyrrole nitrogens is 1. The van der Waals surface area contributed by atoms with Crippen molar-refractivity contribution in [3.05, 3.63) is 64.8 Å². The van der Waals surface area contributed by atoms with Gasteiger partial charge in [-0.25, -0.2) is 0 Å². The van der Waals surface area contributed by atoms with E-state index in [1.54, 1.807) is 16.5 Å². The molecule has 180 valence electrons. The Morgan fingerprint density at radius 3 is 2.76 bits per heavy atom. The van der Waals surface area contributed by atoms with Crippen LogP contribution in [-0.4, -0.2) is 51.6 Å². The number of alkyl halides is 3. The van der Waals surface area contributed by atoms with Gasteiger partial charge in [0.1, 0.15) is 0 Å². The van der Waals surface area contributed by atoms with Crippen LogP contribution in [0, 0.1) is 0 Å². The van der Waals surface area contributed by atoms with Crippen molar-refractivity contribution in [3.63, 3.8) is 0 Å². The largest absolute Gasteiger partial charge is 0.416 e. The van der Waals surface area contributed by atoms with Gasteiger partial charge < -0.3 is 19.6 Å². The summed E-state index contributed by atoms with van der Waals surface area (Å²) in [4.78, 5) is 34.2. The molecular formula is C24H25F3N4O3. The van der Waals surface area contributed by atoms with E-state index in [0.717, 1.165) is 37.1 Å². The standard InChI is InChI=1S/C24H25F3N4O3/c1-30-10-3-7-18(22(30)34)15-8-9-20-19(14-15)28-23(31(20)11-4-12-32)29-21(33)16-5-2-6-17(13-16)24(25,26)27/h2,5-6,8-9,13-14,18,32H,3-4,7,10-12H2,1H3,(H,28,29,33). The minimum absolute atomic E-state index is 0.0509. The first-order valence-corrected chi connectivity index (χ1v) is 11.0. The number of aliphatic hydroxyl groups excluding tert-OH is 1. The first kappa shape index (κ1) is 23.7. The molecule has 1 aromatic heterocycles. The zero-order valence-corrected chi connectivity index (χ0v) is 18.6. The molecule has 3 aromatic rings. The molecule has 1 fully saturated rings. The maximum Gasteiger partial charge on any atom is 0.416 e. The fourth-order valence-electron chi connectivity index (χ4n) is 4.28. The quantitative estimate of drug-likeness (QED) is 0.594. The SMILES string of the molecule is CN1CCCC(c2ccc3c(c2)[nH]/c(=N\C(=O)c2cccc(C(F)(F)F)c2)n3CCCO)C1=O. The van der Waals surface area contributed by atoms with Crippen molar-refractivity contribution in [1.29, 1.82) is 0 Å². The summed E-state index contributed by atoms with van der Waals surface area (Å²) in [5, 5.41) is 9.29. The Hall–Kier alpha value is -3.40. The average molecular weight is 474 g/mol. The number of imidazole rings is 1. The van der Waals surface area contributed by atoms with Crippen molar-refractivity contribution in [2.45, 2.75) is 37.9 Å². The van der Waals surface area contributed by atoms with Crippen molar-refractivity contribution in [1.82, 2.24) is 14.5 Å². The lowest BCUT2D eigenvalue weighted by molar-refractivity contribution is -0.137. The minimum Gasteiger partial charge on any atom is -0.396 e. The monoisotopic (exact) mass is 474 g/mol. The van der Waals surface area contributed by atoms with Gasteiger partial charge in [0.15, 0.2) is 0 Å². The second kappa shape index (κ2) is 9.46. The summed E-state index contributed by atoms with van der Waals surface area (Å²) >= 11 is 0. The molecule has 1 saturated heterocycles. The highest BCUT2D eigenvalue weighted by atomic mass is 19.4. The fraction of sp³-hybridized carbons (Fsp3) is 0.375. The van der Waals surface area contributed by atoms with Crippen LogP contribution in [0.5, 0.6) is 0 Å². The number of aliphatic hydroxyl groups is 1. The Kier molecular flexibility index (Phi) is 6.60. The summed E-state index contributed by atoms with van der Waals surface area (Å²) < 4.78 is 40.8. The Morgan fingerprint density at radius 2 is 2.03 bits per heavy atom. The summed E-state index contributed by atoms with van der Waals surface area (Å²) in [5.74, 6) is -1.03. The number of aromatic amines is 1. The van der Waals surface area contributed by atoms with Gasteiger partial charge in [0.05, 0.1) is 22.5 Å². The maximum absolute atomic E-state index is 13.0. The summed E-state index contributed by atoms with van der Waals surface area (Å²) in [6.45, 7) is 0.985. The number of aromatic nitrogens is 2. The number of likely N-dealkylation sites (tertiary alicyclic amines) is 1. The molecule has 2 N–H and O–H groups in total. The van der Waals surface area contributed by atoms with Crippen molar-refractivity contribution in [2.75, 3.05) is 20.2 Å². The smallest absolute Gasteiger partial charge is 0.396 e. The Balaban J connectivity index is 1.76. The molecule has 0 saturated carbocycles. The normalized spacial score (nSPS) is 17.6. The van der Waals surface area contributed by atoms with Crippen molar-refractivity contribution in [3.8, 4) is 0 Å². The fourth-order valence-corrected chi connectivity index (χ4v) is 4.28. The molecule has 34 heavy (non-hydrogen) atoms. The molecule has 1 aliphatic heterocycles. The molecule has 0 aliphatic carbocycles. The minimum atomic E-state index is -4.57. The molecule has 7 nitrogen and oxygen atoms in total. The number of aryl methyl sites for hydroxylation is 1. The molecule has 0 radical (unpaired) electrons. The second-order valence-electron chi connectivity index (χ2n) is 8.40. The van der Waals surface area contributed by atoms with E-state index in [4.69, 9.17) is 0 Å². The highest BCUT2D eigenvalue weighted by Crippen LogP contribution is 2.30. The molecule has 10 heteroatoms.